The van der Waals surface area contributed by atoms with Crippen molar-refractivity contribution in [1.82, 2.24) is 4.48 Å². The van der Waals surface area contributed by atoms with E-state index in [1.165, 1.54) is 98.0 Å². The van der Waals surface area contributed by atoms with Crippen LogP contribution >= 0.6 is 0 Å². The first-order valence-electron chi connectivity index (χ1n) is 18.0. The van der Waals surface area contributed by atoms with Crippen LogP contribution in [0.3, 0.4) is 0 Å². The predicted octanol–water partition coefficient (Wildman–Crippen LogP) is 7.36. The summed E-state index contributed by atoms with van der Waals surface area (Å²) in [6.07, 6.45) is 0. The van der Waals surface area contributed by atoms with Gasteiger partial charge in [0.15, 0.2) is 8.07 Å². The predicted molar refractivity (Wildman–Crippen MR) is 219 cm³/mol. The van der Waals surface area contributed by atoms with Crippen LogP contribution in [0.25, 0.3) is 43.7 Å². The molecule has 3 aliphatic rings. The first kappa shape index (κ1) is 27.7. The van der Waals surface area contributed by atoms with Crippen LogP contribution in [0.15, 0.2) is 170 Å². The molecule has 3 aliphatic heterocycles. The molecule has 2 nitrogen and oxygen atoms in total. The fourth-order valence-electron chi connectivity index (χ4n) is 10.2. The maximum atomic E-state index is 2.73. The Kier molecular flexibility index (Phi) is 5.31. The molecule has 1 aromatic heterocycles. The standard InChI is InChI=1S/C47H31BN2Si/c1-30-28-38-36-21-12-20-35-37-27-26-31-14-8-9-19-34(31)45(37)50(46(35)36)48-39-22-13-25-43-47(39)49(41(29-30)44(38)48)40-23-10-11-24-42(40)51(43,32-15-4-2-5-16-32)33-17-6-3-7-18-33/h2-29H,1H3. The number of benzene rings is 8. The van der Waals surface area contributed by atoms with Crippen LogP contribution in [-0.4, -0.2) is 19.4 Å². The third-order valence-electron chi connectivity index (χ3n) is 12.0. The molecule has 9 aromatic rings. The van der Waals surface area contributed by atoms with Crippen molar-refractivity contribution in [2.75, 3.05) is 4.90 Å². The van der Waals surface area contributed by atoms with Gasteiger partial charge in [-0.05, 0) is 67.2 Å². The highest BCUT2D eigenvalue weighted by atomic mass is 28.3. The smallest absolute Gasteiger partial charge is 0.333 e. The number of fused-ring (bicyclic) bond motifs is 11. The minimum Gasteiger partial charge on any atom is -0.375 e. The van der Waals surface area contributed by atoms with Crippen LogP contribution in [0, 0.1) is 6.92 Å². The van der Waals surface area contributed by atoms with Gasteiger partial charge in [-0.3, -0.25) is 0 Å². The second-order valence-electron chi connectivity index (χ2n) is 14.5. The lowest BCUT2D eigenvalue weighted by Crippen LogP contribution is -2.78. The summed E-state index contributed by atoms with van der Waals surface area (Å²) < 4.78 is 2.73. The number of hydrogen-bond donors (Lipinski definition) is 0. The topological polar surface area (TPSA) is 8.17 Å². The summed E-state index contributed by atoms with van der Waals surface area (Å²) in [5.41, 5.74) is 13.4. The van der Waals surface area contributed by atoms with E-state index in [9.17, 15) is 0 Å². The van der Waals surface area contributed by atoms with E-state index in [2.05, 4.69) is 186 Å². The van der Waals surface area contributed by atoms with Crippen LogP contribution < -0.4 is 36.6 Å². The number of aromatic nitrogens is 1. The second kappa shape index (κ2) is 9.78. The van der Waals surface area contributed by atoms with Gasteiger partial charge in [0.1, 0.15) is 0 Å². The number of rotatable bonds is 2. The van der Waals surface area contributed by atoms with Crippen molar-refractivity contribution >= 4 is 96.2 Å². The Morgan fingerprint density at radius 2 is 1.16 bits per heavy atom. The molecule has 8 aromatic carbocycles. The number of para-hydroxylation sites is 3. The van der Waals surface area contributed by atoms with E-state index in [0.717, 1.165) is 0 Å². The van der Waals surface area contributed by atoms with Gasteiger partial charge in [-0.25, -0.2) is 0 Å². The zero-order valence-corrected chi connectivity index (χ0v) is 29.1. The lowest BCUT2D eigenvalue weighted by Gasteiger charge is -2.49. The highest BCUT2D eigenvalue weighted by molar-refractivity contribution is 7.21. The van der Waals surface area contributed by atoms with E-state index in [1.807, 2.05) is 0 Å². The normalized spacial score (nSPS) is 14.5. The Morgan fingerprint density at radius 3 is 1.98 bits per heavy atom. The van der Waals surface area contributed by atoms with Crippen LogP contribution in [0.4, 0.5) is 17.1 Å². The fourth-order valence-corrected chi connectivity index (χ4v) is 15.4. The van der Waals surface area contributed by atoms with E-state index >= 15 is 0 Å². The van der Waals surface area contributed by atoms with Gasteiger partial charge in [-0.2, -0.15) is 0 Å². The second-order valence-corrected chi connectivity index (χ2v) is 18.2. The van der Waals surface area contributed by atoms with Crippen LogP contribution in [0.2, 0.25) is 0 Å². The summed E-state index contributed by atoms with van der Waals surface area (Å²) >= 11 is 0. The summed E-state index contributed by atoms with van der Waals surface area (Å²) in [4.78, 5) is 2.65. The van der Waals surface area contributed by atoms with Gasteiger partial charge in [0, 0.05) is 49.8 Å². The van der Waals surface area contributed by atoms with Crippen molar-refractivity contribution in [3.05, 3.63) is 175 Å². The molecule has 0 saturated heterocycles. The van der Waals surface area contributed by atoms with Crippen molar-refractivity contribution in [3.8, 4) is 11.1 Å². The molecule has 0 atom stereocenters. The third-order valence-corrected chi connectivity index (χ3v) is 16.9. The van der Waals surface area contributed by atoms with Crippen LogP contribution in [0.1, 0.15) is 5.56 Å². The summed E-state index contributed by atoms with van der Waals surface area (Å²) in [5.74, 6) is 0. The Hall–Kier alpha value is -6.10. The van der Waals surface area contributed by atoms with Crippen molar-refractivity contribution in [3.63, 3.8) is 0 Å². The molecule has 0 radical (unpaired) electrons. The first-order chi connectivity index (χ1) is 25.2. The molecule has 4 heteroatoms. The molecule has 0 saturated carbocycles. The third kappa shape index (κ3) is 3.30. The molecular formula is C47H31BN2Si. The van der Waals surface area contributed by atoms with Gasteiger partial charge in [-0.15, -0.1) is 0 Å². The zero-order valence-electron chi connectivity index (χ0n) is 28.1. The number of aryl methyl sites for hydroxylation is 1. The molecule has 0 aliphatic carbocycles. The van der Waals surface area contributed by atoms with Crippen LogP contribution in [0.5, 0.6) is 0 Å². The largest absolute Gasteiger partial charge is 0.375 e. The molecule has 0 unspecified atom stereocenters. The molecule has 0 spiro atoms. The van der Waals surface area contributed by atoms with Gasteiger partial charge in [-0.1, -0.05) is 158 Å². The monoisotopic (exact) mass is 662 g/mol. The molecule has 0 amide bonds. The summed E-state index contributed by atoms with van der Waals surface area (Å²) in [6.45, 7) is 2.29. The van der Waals surface area contributed by atoms with E-state index in [1.54, 1.807) is 0 Å². The van der Waals surface area contributed by atoms with Crippen molar-refractivity contribution in [2.45, 2.75) is 6.92 Å². The van der Waals surface area contributed by atoms with E-state index in [0.29, 0.717) is 0 Å². The highest BCUT2D eigenvalue weighted by Crippen LogP contribution is 2.47. The molecule has 51 heavy (non-hydrogen) atoms. The molecular weight excluding hydrogens is 631 g/mol. The Bertz CT molecular complexity index is 2910. The van der Waals surface area contributed by atoms with Crippen LogP contribution in [-0.2, 0) is 0 Å². The maximum Gasteiger partial charge on any atom is 0.333 e. The Morgan fingerprint density at radius 1 is 0.490 bits per heavy atom. The number of nitrogens with zero attached hydrogens (tertiary/aromatic N) is 2. The number of hydrogen-bond acceptors (Lipinski definition) is 1. The first-order valence-corrected chi connectivity index (χ1v) is 20.0. The Labute approximate surface area is 298 Å². The van der Waals surface area contributed by atoms with Gasteiger partial charge < -0.3 is 9.38 Å². The van der Waals surface area contributed by atoms with E-state index < -0.39 is 8.07 Å². The molecule has 12 rings (SSSR count). The molecule has 4 heterocycles. The SMILES string of the molecule is Cc1cc2c3c(c1)N1c4ccccc4[Si](c4ccccc4)(c4ccccc4)c4cccc(c41)B3n1c3c-2cccc3c2ccc3ccccc3c21. The Balaban J connectivity index is 1.31. The summed E-state index contributed by atoms with van der Waals surface area (Å²) in [5, 5.41) is 11.0. The van der Waals surface area contributed by atoms with Gasteiger partial charge >= 0.3 is 6.85 Å². The van der Waals surface area contributed by atoms with Crippen molar-refractivity contribution < 1.29 is 0 Å². The van der Waals surface area contributed by atoms with E-state index in [4.69, 9.17) is 0 Å². The minimum absolute atomic E-state index is 0.0195. The lowest BCUT2D eigenvalue weighted by atomic mass is 9.45. The van der Waals surface area contributed by atoms with Gasteiger partial charge in [0.25, 0.3) is 0 Å². The molecule has 0 bridgehead atoms. The molecule has 0 N–H and O–H groups in total. The average Bonchev–Trinajstić information content (AvgIpc) is 3.53. The van der Waals surface area contributed by atoms with Crippen molar-refractivity contribution in [1.29, 1.82) is 0 Å². The molecule has 0 fully saturated rings. The highest BCUT2D eigenvalue weighted by Gasteiger charge is 2.53. The average molecular weight is 663 g/mol. The zero-order chi connectivity index (χ0) is 33.4. The summed E-state index contributed by atoms with van der Waals surface area (Å²) in [7, 11) is -2.77. The van der Waals surface area contributed by atoms with Crippen molar-refractivity contribution in [2.24, 2.45) is 0 Å². The fraction of sp³-hybridized carbons (Fsp3) is 0.0213. The van der Waals surface area contributed by atoms with Gasteiger partial charge in [0.2, 0.25) is 0 Å². The minimum atomic E-state index is -2.77. The number of anilines is 3. The lowest BCUT2D eigenvalue weighted by molar-refractivity contribution is 1.25. The quantitative estimate of drug-likeness (QED) is 0.176. The molecule has 236 valence electrons. The maximum absolute atomic E-state index is 2.77. The van der Waals surface area contributed by atoms with Gasteiger partial charge in [0.05, 0.1) is 0 Å². The van der Waals surface area contributed by atoms with E-state index in [-0.39, 0.29) is 6.85 Å². The summed E-state index contributed by atoms with van der Waals surface area (Å²) in [6, 6.07) is 64.8.